The summed E-state index contributed by atoms with van der Waals surface area (Å²) in [5, 5.41) is 13.5. The molecule has 0 aliphatic heterocycles. The van der Waals surface area contributed by atoms with Crippen molar-refractivity contribution in [2.24, 2.45) is 7.05 Å². The molecule has 24 heavy (non-hydrogen) atoms. The molecule has 9 heteroatoms. The summed E-state index contributed by atoms with van der Waals surface area (Å²) < 4.78 is 15.1. The highest BCUT2D eigenvalue weighted by Crippen LogP contribution is 2.26. The van der Waals surface area contributed by atoms with Gasteiger partial charge in [0.05, 0.1) is 5.25 Å². The number of carbonyl (C=O) groups is 1. The number of halogens is 1. The molecule has 0 saturated heterocycles. The Morgan fingerprint density at radius 3 is 2.96 bits per heavy atom. The number of carbonyl (C=O) groups excluding carboxylic acids is 1. The van der Waals surface area contributed by atoms with Gasteiger partial charge in [0.1, 0.15) is 5.82 Å². The zero-order chi connectivity index (χ0) is 17.1. The van der Waals surface area contributed by atoms with Gasteiger partial charge in [0.15, 0.2) is 16.1 Å². The van der Waals surface area contributed by atoms with E-state index < -0.39 is 0 Å². The van der Waals surface area contributed by atoms with Crippen molar-refractivity contribution >= 4 is 34.1 Å². The number of rotatable bonds is 5. The number of thioether (sulfide) groups is 1. The van der Waals surface area contributed by atoms with Crippen molar-refractivity contribution in [3.05, 3.63) is 41.7 Å². The van der Waals surface area contributed by atoms with Crippen LogP contribution in [0.25, 0.3) is 11.4 Å². The van der Waals surface area contributed by atoms with E-state index in [0.29, 0.717) is 21.7 Å². The first-order valence-corrected chi connectivity index (χ1v) is 8.83. The van der Waals surface area contributed by atoms with Crippen LogP contribution in [0.15, 0.2) is 41.0 Å². The second kappa shape index (κ2) is 7.10. The number of benzene rings is 1. The first kappa shape index (κ1) is 16.6. The van der Waals surface area contributed by atoms with Crippen molar-refractivity contribution in [2.75, 3.05) is 5.32 Å². The quantitative estimate of drug-likeness (QED) is 0.705. The van der Waals surface area contributed by atoms with Gasteiger partial charge in [-0.1, -0.05) is 23.9 Å². The third kappa shape index (κ3) is 3.62. The lowest BCUT2D eigenvalue weighted by atomic mass is 10.2. The van der Waals surface area contributed by atoms with E-state index in [-0.39, 0.29) is 17.0 Å². The van der Waals surface area contributed by atoms with E-state index in [1.807, 2.05) is 0 Å². The van der Waals surface area contributed by atoms with Gasteiger partial charge in [0, 0.05) is 24.2 Å². The number of thiazole rings is 1. The Hall–Kier alpha value is -2.26. The number of nitrogens with one attached hydrogen (secondary N) is 1. The summed E-state index contributed by atoms with van der Waals surface area (Å²) in [4.78, 5) is 16.2. The maximum Gasteiger partial charge on any atom is 0.239 e. The summed E-state index contributed by atoms with van der Waals surface area (Å²) in [6, 6.07) is 6.16. The number of amides is 1. The average molecular weight is 363 g/mol. The standard InChI is InChI=1S/C15H14FN5OS2/c1-9(13(22)18-14-17-6-7-23-14)24-15-20-19-12(21(15)2)10-4-3-5-11(16)8-10/h3-9H,1-2H3,(H,17,18,22). The molecule has 0 bridgehead atoms. The second-order valence-electron chi connectivity index (χ2n) is 4.96. The molecule has 0 saturated carbocycles. The van der Waals surface area contributed by atoms with Crippen LogP contribution in [0.5, 0.6) is 0 Å². The predicted octanol–water partition coefficient (Wildman–Crippen LogP) is 3.20. The molecule has 1 atom stereocenters. The predicted molar refractivity (Wildman–Crippen MR) is 92.5 cm³/mol. The van der Waals surface area contributed by atoms with Crippen LogP contribution in [0, 0.1) is 5.82 Å². The molecule has 0 fully saturated rings. The van der Waals surface area contributed by atoms with Crippen molar-refractivity contribution in [2.45, 2.75) is 17.3 Å². The molecule has 0 aliphatic carbocycles. The fraction of sp³-hybridized carbons (Fsp3) is 0.200. The molecule has 6 nitrogen and oxygen atoms in total. The number of hydrogen-bond donors (Lipinski definition) is 1. The summed E-state index contributed by atoms with van der Waals surface area (Å²) in [5.41, 5.74) is 0.636. The van der Waals surface area contributed by atoms with Gasteiger partial charge < -0.3 is 9.88 Å². The maximum absolute atomic E-state index is 13.4. The minimum atomic E-state index is -0.378. The van der Waals surface area contributed by atoms with E-state index in [1.54, 1.807) is 42.2 Å². The van der Waals surface area contributed by atoms with Gasteiger partial charge in [-0.15, -0.1) is 21.5 Å². The SMILES string of the molecule is CC(Sc1nnc(-c2cccc(F)c2)n1C)C(=O)Nc1nccs1. The van der Waals surface area contributed by atoms with Crippen molar-refractivity contribution in [3.63, 3.8) is 0 Å². The van der Waals surface area contributed by atoms with Crippen molar-refractivity contribution in [1.29, 1.82) is 0 Å². The lowest BCUT2D eigenvalue weighted by molar-refractivity contribution is -0.115. The summed E-state index contributed by atoms with van der Waals surface area (Å²) >= 11 is 2.64. The highest BCUT2D eigenvalue weighted by atomic mass is 32.2. The Balaban J connectivity index is 1.73. The van der Waals surface area contributed by atoms with Crippen LogP contribution in [-0.4, -0.2) is 30.9 Å². The fourth-order valence-electron chi connectivity index (χ4n) is 2.00. The van der Waals surface area contributed by atoms with Crippen molar-refractivity contribution in [1.82, 2.24) is 19.7 Å². The molecule has 1 N–H and O–H groups in total. The number of anilines is 1. The number of aromatic nitrogens is 4. The molecule has 3 rings (SSSR count). The van der Waals surface area contributed by atoms with E-state index >= 15 is 0 Å². The van der Waals surface area contributed by atoms with E-state index in [2.05, 4.69) is 20.5 Å². The lowest BCUT2D eigenvalue weighted by Crippen LogP contribution is -2.22. The normalized spacial score (nSPS) is 12.1. The van der Waals surface area contributed by atoms with Crippen molar-refractivity contribution < 1.29 is 9.18 Å². The molecule has 0 radical (unpaired) electrons. The van der Waals surface area contributed by atoms with Crippen LogP contribution in [0.3, 0.4) is 0 Å². The fourth-order valence-corrected chi connectivity index (χ4v) is 3.35. The highest BCUT2D eigenvalue weighted by molar-refractivity contribution is 8.00. The van der Waals surface area contributed by atoms with Crippen LogP contribution >= 0.6 is 23.1 Å². The Morgan fingerprint density at radius 1 is 1.42 bits per heavy atom. The highest BCUT2D eigenvalue weighted by Gasteiger charge is 2.20. The molecular formula is C15H14FN5OS2. The Morgan fingerprint density at radius 2 is 2.25 bits per heavy atom. The summed E-state index contributed by atoms with van der Waals surface area (Å²) in [6.45, 7) is 1.78. The van der Waals surface area contributed by atoms with Gasteiger partial charge >= 0.3 is 0 Å². The Bertz CT molecular complexity index is 849. The molecule has 2 aromatic heterocycles. The Labute approximate surface area is 146 Å². The maximum atomic E-state index is 13.4. The minimum Gasteiger partial charge on any atom is -0.305 e. The molecule has 3 aromatic rings. The van der Waals surface area contributed by atoms with Crippen LogP contribution in [-0.2, 0) is 11.8 Å². The van der Waals surface area contributed by atoms with E-state index in [0.717, 1.165) is 0 Å². The zero-order valence-electron chi connectivity index (χ0n) is 12.9. The number of hydrogen-bond acceptors (Lipinski definition) is 6. The number of nitrogens with zero attached hydrogens (tertiary/aromatic N) is 4. The van der Waals surface area contributed by atoms with E-state index in [9.17, 15) is 9.18 Å². The van der Waals surface area contributed by atoms with Gasteiger partial charge in [0.25, 0.3) is 0 Å². The van der Waals surface area contributed by atoms with Crippen LogP contribution in [0.1, 0.15) is 6.92 Å². The third-order valence-corrected chi connectivity index (χ3v) is 5.05. The minimum absolute atomic E-state index is 0.162. The molecule has 1 aromatic carbocycles. The Kier molecular flexibility index (Phi) is 4.91. The molecule has 0 aliphatic rings. The molecule has 0 spiro atoms. The molecule has 2 heterocycles. The summed E-state index contributed by atoms with van der Waals surface area (Å²) in [7, 11) is 1.79. The molecular weight excluding hydrogens is 349 g/mol. The topological polar surface area (TPSA) is 72.7 Å². The van der Waals surface area contributed by atoms with Crippen LogP contribution in [0.4, 0.5) is 9.52 Å². The zero-order valence-corrected chi connectivity index (χ0v) is 14.6. The summed E-state index contributed by atoms with van der Waals surface area (Å²) in [6.07, 6.45) is 1.63. The van der Waals surface area contributed by atoms with Gasteiger partial charge in [0.2, 0.25) is 5.91 Å². The van der Waals surface area contributed by atoms with Gasteiger partial charge in [-0.2, -0.15) is 0 Å². The van der Waals surface area contributed by atoms with Gasteiger partial charge in [-0.25, -0.2) is 9.37 Å². The van der Waals surface area contributed by atoms with Gasteiger partial charge in [-0.05, 0) is 19.1 Å². The van der Waals surface area contributed by atoms with E-state index in [4.69, 9.17) is 0 Å². The second-order valence-corrected chi connectivity index (χ2v) is 7.16. The van der Waals surface area contributed by atoms with Crippen molar-refractivity contribution in [3.8, 4) is 11.4 Å². The average Bonchev–Trinajstić information content (AvgIpc) is 3.18. The van der Waals surface area contributed by atoms with Crippen LogP contribution < -0.4 is 5.32 Å². The van der Waals surface area contributed by atoms with E-state index in [1.165, 1.54) is 35.2 Å². The first-order chi connectivity index (χ1) is 11.5. The molecule has 1 unspecified atom stereocenters. The largest absolute Gasteiger partial charge is 0.305 e. The molecule has 1 amide bonds. The monoisotopic (exact) mass is 363 g/mol. The molecule has 124 valence electrons. The lowest BCUT2D eigenvalue weighted by Gasteiger charge is -2.10. The first-order valence-electron chi connectivity index (χ1n) is 7.07. The van der Waals surface area contributed by atoms with Gasteiger partial charge in [-0.3, -0.25) is 4.79 Å². The smallest absolute Gasteiger partial charge is 0.239 e. The van der Waals surface area contributed by atoms with Crippen LogP contribution in [0.2, 0.25) is 0 Å². The third-order valence-electron chi connectivity index (χ3n) is 3.23. The summed E-state index contributed by atoms with van der Waals surface area (Å²) in [5.74, 6) is 0.0516.